The Morgan fingerprint density at radius 1 is 1.19 bits per heavy atom. The van der Waals surface area contributed by atoms with Crippen LogP contribution in [0.1, 0.15) is 21.6 Å². The van der Waals surface area contributed by atoms with Crippen LogP contribution in [-0.2, 0) is 11.0 Å². The molecule has 6 nitrogen and oxygen atoms in total. The number of pyridine rings is 1. The van der Waals surface area contributed by atoms with E-state index in [4.69, 9.17) is 11.6 Å². The number of ether oxygens (including phenoxy) is 1. The Morgan fingerprint density at radius 3 is 2.45 bits per heavy atom. The second kappa shape index (κ2) is 9.86. The van der Waals surface area contributed by atoms with Gasteiger partial charge in [-0.3, -0.25) is 4.79 Å². The number of nitrogens with zero attached hydrogens (tertiary/aromatic N) is 2. The van der Waals surface area contributed by atoms with Crippen LogP contribution >= 0.6 is 11.6 Å². The van der Waals surface area contributed by atoms with Gasteiger partial charge in [0.15, 0.2) is 6.61 Å². The number of carbonyl (C=O) groups is 1. The van der Waals surface area contributed by atoms with Gasteiger partial charge in [0.25, 0.3) is 5.91 Å². The highest BCUT2D eigenvalue weighted by molar-refractivity contribution is 6.34. The fourth-order valence-corrected chi connectivity index (χ4v) is 2.60. The molecule has 31 heavy (non-hydrogen) atoms. The van der Waals surface area contributed by atoms with Crippen LogP contribution in [0.15, 0.2) is 41.7 Å². The highest BCUT2D eigenvalue weighted by atomic mass is 35.5. The van der Waals surface area contributed by atoms with E-state index >= 15 is 0 Å². The lowest BCUT2D eigenvalue weighted by molar-refractivity contribution is -0.153. The Morgan fingerprint density at radius 2 is 1.87 bits per heavy atom. The van der Waals surface area contributed by atoms with Crippen molar-refractivity contribution in [3.63, 3.8) is 0 Å². The number of carbonyl (C=O) groups excluding carboxylic acids is 1. The summed E-state index contributed by atoms with van der Waals surface area (Å²) in [6.07, 6.45) is -8.36. The van der Waals surface area contributed by atoms with Gasteiger partial charge in [-0.15, -0.1) is 0 Å². The van der Waals surface area contributed by atoms with E-state index in [-0.39, 0.29) is 22.2 Å². The molecule has 1 aromatic carbocycles. The first kappa shape index (κ1) is 24.3. The van der Waals surface area contributed by atoms with Crippen molar-refractivity contribution in [3.8, 4) is 5.75 Å². The summed E-state index contributed by atoms with van der Waals surface area (Å²) in [5.41, 5.74) is -1.90. The van der Waals surface area contributed by atoms with Gasteiger partial charge in [-0.2, -0.15) is 26.3 Å². The van der Waals surface area contributed by atoms with Crippen molar-refractivity contribution >= 4 is 23.2 Å². The molecule has 1 N–H and O–H groups in total. The Labute approximate surface area is 176 Å². The van der Waals surface area contributed by atoms with Crippen LogP contribution in [0, 0.1) is 0 Å². The van der Waals surface area contributed by atoms with Crippen LogP contribution in [0.25, 0.3) is 0 Å². The molecule has 1 heterocycles. The minimum atomic E-state index is -4.74. The fourth-order valence-electron chi connectivity index (χ4n) is 2.33. The standard InChI is InChI=1S/C18H14ClF6N3O3/c1-30-28-14(15-13(19)6-10(7-26-15)31-9-17(20,21)22)8-27-16(29)11-4-2-3-5-12(11)18(23,24)25/h2-7H,8-9H2,1H3,(H,27,29). The normalized spacial score (nSPS) is 12.5. The SMILES string of the molecule is CON=C(CNC(=O)c1ccccc1C(F)(F)F)c1ncc(OCC(F)(F)F)cc1Cl. The molecule has 0 aliphatic rings. The van der Waals surface area contributed by atoms with Crippen LogP contribution < -0.4 is 10.1 Å². The van der Waals surface area contributed by atoms with Gasteiger partial charge in [0.05, 0.1) is 28.9 Å². The predicted molar refractivity (Wildman–Crippen MR) is 98.1 cm³/mol. The first-order valence-electron chi connectivity index (χ1n) is 8.32. The first-order chi connectivity index (χ1) is 14.4. The van der Waals surface area contributed by atoms with E-state index in [1.165, 1.54) is 6.07 Å². The fraction of sp³-hybridized carbons (Fsp3) is 0.278. The van der Waals surface area contributed by atoms with Crippen LogP contribution in [0.5, 0.6) is 5.75 Å². The van der Waals surface area contributed by atoms with E-state index in [1.54, 1.807) is 0 Å². The minimum Gasteiger partial charge on any atom is -0.482 e. The molecule has 0 saturated heterocycles. The molecule has 0 saturated carbocycles. The Hall–Kier alpha value is -3.02. The maximum atomic E-state index is 13.1. The van der Waals surface area contributed by atoms with Gasteiger partial charge in [-0.25, -0.2) is 4.98 Å². The molecule has 13 heteroatoms. The van der Waals surface area contributed by atoms with Gasteiger partial charge in [-0.05, 0) is 12.1 Å². The zero-order valence-corrected chi connectivity index (χ0v) is 16.4. The molecular formula is C18H14ClF6N3O3. The summed E-state index contributed by atoms with van der Waals surface area (Å²) in [4.78, 5) is 20.8. The summed E-state index contributed by atoms with van der Waals surface area (Å²) in [6, 6.07) is 5.22. The van der Waals surface area contributed by atoms with E-state index in [0.717, 1.165) is 37.6 Å². The van der Waals surface area contributed by atoms with Gasteiger partial charge >= 0.3 is 12.4 Å². The van der Waals surface area contributed by atoms with E-state index in [9.17, 15) is 31.1 Å². The number of alkyl halides is 6. The molecule has 0 fully saturated rings. The van der Waals surface area contributed by atoms with Crippen LogP contribution in [-0.4, -0.2) is 43.0 Å². The third-order valence-corrected chi connectivity index (χ3v) is 3.88. The molecule has 0 aliphatic heterocycles. The molecule has 1 amide bonds. The molecule has 2 rings (SSSR count). The number of rotatable bonds is 7. The summed E-state index contributed by atoms with van der Waals surface area (Å²) >= 11 is 6.01. The van der Waals surface area contributed by atoms with Gasteiger partial charge in [-0.1, -0.05) is 28.9 Å². The Balaban J connectivity index is 2.18. The Bertz CT molecular complexity index is 963. The maximum absolute atomic E-state index is 13.1. The summed E-state index contributed by atoms with van der Waals surface area (Å²) < 4.78 is 80.5. The highest BCUT2D eigenvalue weighted by Gasteiger charge is 2.35. The second-order valence-corrected chi connectivity index (χ2v) is 6.26. The number of hydrogen-bond donors (Lipinski definition) is 1. The number of oxime groups is 1. The average Bonchev–Trinajstić information content (AvgIpc) is 2.68. The van der Waals surface area contributed by atoms with Gasteiger partial charge in [0, 0.05) is 6.07 Å². The molecule has 2 aromatic rings. The van der Waals surface area contributed by atoms with Crippen molar-refractivity contribution in [3.05, 3.63) is 58.4 Å². The number of aromatic nitrogens is 1. The lowest BCUT2D eigenvalue weighted by Gasteiger charge is -2.14. The summed E-state index contributed by atoms with van der Waals surface area (Å²) in [7, 11) is 1.16. The van der Waals surface area contributed by atoms with Crippen LogP contribution in [0.2, 0.25) is 5.02 Å². The van der Waals surface area contributed by atoms with Gasteiger partial charge < -0.3 is 14.9 Å². The average molecular weight is 470 g/mol. The highest BCUT2D eigenvalue weighted by Crippen LogP contribution is 2.31. The molecule has 0 unspecified atom stereocenters. The number of nitrogens with one attached hydrogen (secondary N) is 1. The second-order valence-electron chi connectivity index (χ2n) is 5.85. The van der Waals surface area contributed by atoms with E-state index in [2.05, 4.69) is 25.0 Å². The third-order valence-electron chi connectivity index (χ3n) is 3.59. The minimum absolute atomic E-state index is 0.0766. The maximum Gasteiger partial charge on any atom is 0.422 e. The quantitative estimate of drug-likeness (QED) is 0.369. The van der Waals surface area contributed by atoms with Crippen molar-refractivity contribution in [1.29, 1.82) is 0 Å². The summed E-state index contributed by atoms with van der Waals surface area (Å²) in [5.74, 6) is -1.32. The van der Waals surface area contributed by atoms with Crippen LogP contribution in [0.3, 0.4) is 0 Å². The Kier molecular flexibility index (Phi) is 7.71. The number of benzene rings is 1. The zero-order chi connectivity index (χ0) is 23.2. The molecular weight excluding hydrogens is 456 g/mol. The predicted octanol–water partition coefficient (Wildman–Crippen LogP) is 4.48. The molecule has 168 valence electrons. The molecule has 0 aliphatic carbocycles. The molecule has 0 radical (unpaired) electrons. The molecule has 1 aromatic heterocycles. The number of amides is 1. The van der Waals surface area contributed by atoms with Crippen LogP contribution in [0.4, 0.5) is 26.3 Å². The van der Waals surface area contributed by atoms with E-state index in [0.29, 0.717) is 0 Å². The smallest absolute Gasteiger partial charge is 0.422 e. The monoisotopic (exact) mass is 469 g/mol. The van der Waals surface area contributed by atoms with Crippen molar-refractivity contribution in [1.82, 2.24) is 10.3 Å². The molecule has 0 spiro atoms. The van der Waals surface area contributed by atoms with Crippen molar-refractivity contribution in [2.24, 2.45) is 5.16 Å². The van der Waals surface area contributed by atoms with E-state index < -0.39 is 42.5 Å². The lowest BCUT2D eigenvalue weighted by Crippen LogP contribution is -2.32. The van der Waals surface area contributed by atoms with Crippen molar-refractivity contribution < 1.29 is 40.7 Å². The zero-order valence-electron chi connectivity index (χ0n) is 15.6. The summed E-state index contributed by atoms with van der Waals surface area (Å²) in [5, 5.41) is 5.69. The summed E-state index contributed by atoms with van der Waals surface area (Å²) in [6.45, 7) is -1.99. The van der Waals surface area contributed by atoms with Crippen molar-refractivity contribution in [2.75, 3.05) is 20.3 Å². The van der Waals surface area contributed by atoms with Crippen molar-refractivity contribution in [2.45, 2.75) is 12.4 Å². The molecule has 0 bridgehead atoms. The van der Waals surface area contributed by atoms with Gasteiger partial charge in [0.2, 0.25) is 0 Å². The number of halogens is 7. The largest absolute Gasteiger partial charge is 0.482 e. The van der Waals surface area contributed by atoms with E-state index in [1.807, 2.05) is 0 Å². The number of hydrogen-bond acceptors (Lipinski definition) is 5. The van der Waals surface area contributed by atoms with Gasteiger partial charge in [0.1, 0.15) is 24.3 Å². The third kappa shape index (κ3) is 7.02. The molecule has 0 atom stereocenters. The lowest BCUT2D eigenvalue weighted by atomic mass is 10.1. The first-order valence-corrected chi connectivity index (χ1v) is 8.70. The topological polar surface area (TPSA) is 72.8 Å².